The van der Waals surface area contributed by atoms with E-state index < -0.39 is 24.1 Å². The molecule has 0 saturated heterocycles. The third-order valence-corrected chi connectivity index (χ3v) is 4.11. The second-order valence-corrected chi connectivity index (χ2v) is 6.22. The van der Waals surface area contributed by atoms with Crippen molar-refractivity contribution in [2.24, 2.45) is 10.9 Å². The molecule has 0 bridgehead atoms. The maximum Gasteiger partial charge on any atom is 0.300 e. The van der Waals surface area contributed by atoms with E-state index in [0.29, 0.717) is 21.7 Å². The maximum absolute atomic E-state index is 12.1. The van der Waals surface area contributed by atoms with Gasteiger partial charge in [-0.05, 0) is 24.3 Å². The molecule has 1 heterocycles. The minimum absolute atomic E-state index is 0.0874. The molecule has 0 aliphatic heterocycles. The Balaban J connectivity index is 1.77. The van der Waals surface area contributed by atoms with Gasteiger partial charge < -0.3 is 9.73 Å². The molecule has 0 radical (unpaired) electrons. The summed E-state index contributed by atoms with van der Waals surface area (Å²) in [5.74, 6) is 3.19. The van der Waals surface area contributed by atoms with E-state index in [1.54, 1.807) is 48.5 Å². The van der Waals surface area contributed by atoms with E-state index in [-0.39, 0.29) is 11.1 Å². The number of carbonyl (C=O) groups is 3. The Hall–Kier alpha value is -3.69. The fraction of sp³-hybridized carbons (Fsp3) is 0.0526. The van der Waals surface area contributed by atoms with Gasteiger partial charge in [-0.15, -0.1) is 0 Å². The molecule has 0 aliphatic rings. The van der Waals surface area contributed by atoms with Crippen LogP contribution >= 0.6 is 11.6 Å². The van der Waals surface area contributed by atoms with Crippen LogP contribution in [0.15, 0.2) is 64.1 Å². The number of rotatable bonds is 5. The van der Waals surface area contributed by atoms with Crippen molar-refractivity contribution in [3.8, 4) is 0 Å². The molecular formula is C19H16ClN5O4. The Morgan fingerprint density at radius 1 is 1.03 bits per heavy atom. The molecule has 0 fully saturated rings. The fourth-order valence-corrected chi connectivity index (χ4v) is 2.64. The van der Waals surface area contributed by atoms with Crippen molar-refractivity contribution in [2.45, 2.75) is 6.42 Å². The fourth-order valence-electron chi connectivity index (χ4n) is 2.46. The van der Waals surface area contributed by atoms with E-state index in [2.05, 4.69) is 15.8 Å². The largest absolute Gasteiger partial charge is 0.451 e. The van der Waals surface area contributed by atoms with Crippen LogP contribution in [-0.2, 0) is 9.59 Å². The summed E-state index contributed by atoms with van der Waals surface area (Å²) in [5, 5.41) is 7.73. The summed E-state index contributed by atoms with van der Waals surface area (Å²) >= 11 is 5.97. The van der Waals surface area contributed by atoms with Gasteiger partial charge in [0.25, 0.3) is 0 Å². The molecule has 5 N–H and O–H groups in total. The Morgan fingerprint density at radius 3 is 2.52 bits per heavy atom. The smallest absolute Gasteiger partial charge is 0.300 e. The normalized spacial score (nSPS) is 11.2. The van der Waals surface area contributed by atoms with Crippen molar-refractivity contribution < 1.29 is 18.8 Å². The van der Waals surface area contributed by atoms with Crippen molar-refractivity contribution in [1.82, 2.24) is 10.9 Å². The maximum atomic E-state index is 12.1. The van der Waals surface area contributed by atoms with Crippen LogP contribution in [0.5, 0.6) is 0 Å². The quantitative estimate of drug-likeness (QED) is 0.218. The highest BCUT2D eigenvalue weighted by Crippen LogP contribution is 2.20. The summed E-state index contributed by atoms with van der Waals surface area (Å²) in [5.41, 5.74) is 5.03. The number of fused-ring (bicyclic) bond motifs is 1. The number of nitrogens with one attached hydrogen (secondary N) is 3. The summed E-state index contributed by atoms with van der Waals surface area (Å²) in [6.07, 6.45) is -0.472. The number of para-hydroxylation sites is 2. The van der Waals surface area contributed by atoms with Crippen molar-refractivity contribution in [1.29, 1.82) is 0 Å². The van der Waals surface area contributed by atoms with E-state index in [4.69, 9.17) is 21.9 Å². The van der Waals surface area contributed by atoms with Gasteiger partial charge in [-0.3, -0.25) is 19.8 Å². The average molecular weight is 414 g/mol. The summed E-state index contributed by atoms with van der Waals surface area (Å²) < 4.78 is 5.46. The first-order valence-electron chi connectivity index (χ1n) is 8.38. The van der Waals surface area contributed by atoms with Crippen molar-refractivity contribution in [2.75, 3.05) is 5.32 Å². The van der Waals surface area contributed by atoms with Gasteiger partial charge in [-0.1, -0.05) is 35.9 Å². The molecule has 3 amide bonds. The number of amides is 3. The lowest BCUT2D eigenvalue weighted by atomic mass is 10.2. The SMILES string of the molecule is NNC(=O)c1cc(=NNC(=O)CC(=O)Nc2ccccc2Cl)c2ccccc2o1. The summed E-state index contributed by atoms with van der Waals surface area (Å²) in [6.45, 7) is 0. The Bertz CT molecular complexity index is 1160. The van der Waals surface area contributed by atoms with E-state index in [1.807, 2.05) is 5.43 Å². The Morgan fingerprint density at radius 2 is 1.76 bits per heavy atom. The van der Waals surface area contributed by atoms with E-state index >= 15 is 0 Å². The zero-order chi connectivity index (χ0) is 20.8. The first kappa shape index (κ1) is 20.1. The lowest BCUT2D eigenvalue weighted by molar-refractivity contribution is -0.126. The van der Waals surface area contributed by atoms with Crippen LogP contribution in [0, 0.1) is 0 Å². The molecule has 29 heavy (non-hydrogen) atoms. The highest BCUT2D eigenvalue weighted by Gasteiger charge is 2.12. The Kier molecular flexibility index (Phi) is 6.22. The number of hydrazine groups is 1. The molecule has 10 heteroatoms. The molecule has 0 unspecified atom stereocenters. The molecule has 0 saturated carbocycles. The number of hydrogen-bond acceptors (Lipinski definition) is 6. The van der Waals surface area contributed by atoms with Gasteiger partial charge in [0.2, 0.25) is 11.8 Å². The molecule has 3 rings (SSSR count). The van der Waals surface area contributed by atoms with E-state index in [1.165, 1.54) is 6.07 Å². The number of nitrogens with zero attached hydrogens (tertiary/aromatic N) is 1. The average Bonchev–Trinajstić information content (AvgIpc) is 2.72. The monoisotopic (exact) mass is 413 g/mol. The van der Waals surface area contributed by atoms with Crippen LogP contribution in [0.1, 0.15) is 17.0 Å². The van der Waals surface area contributed by atoms with Gasteiger partial charge >= 0.3 is 5.91 Å². The van der Waals surface area contributed by atoms with Crippen molar-refractivity contribution in [3.05, 3.63) is 70.7 Å². The highest BCUT2D eigenvalue weighted by molar-refractivity contribution is 6.33. The molecule has 3 aromatic rings. The number of nitrogen functional groups attached to an aromatic ring is 1. The van der Waals surface area contributed by atoms with Crippen molar-refractivity contribution in [3.63, 3.8) is 0 Å². The summed E-state index contributed by atoms with van der Waals surface area (Å²) in [4.78, 5) is 35.9. The molecular weight excluding hydrogens is 398 g/mol. The first-order chi connectivity index (χ1) is 14.0. The molecule has 0 aliphatic carbocycles. The van der Waals surface area contributed by atoms with Crippen LogP contribution in [-0.4, -0.2) is 17.7 Å². The number of anilines is 1. The second kappa shape index (κ2) is 9.00. The van der Waals surface area contributed by atoms with Crippen LogP contribution < -0.4 is 27.4 Å². The van der Waals surface area contributed by atoms with Gasteiger partial charge in [0, 0.05) is 11.5 Å². The number of carbonyl (C=O) groups excluding carboxylic acids is 3. The van der Waals surface area contributed by atoms with Gasteiger partial charge in [0.1, 0.15) is 12.0 Å². The first-order valence-corrected chi connectivity index (χ1v) is 8.76. The van der Waals surface area contributed by atoms with Crippen molar-refractivity contribution >= 4 is 46.0 Å². The molecule has 1 aromatic heterocycles. The molecule has 9 nitrogen and oxygen atoms in total. The minimum Gasteiger partial charge on any atom is -0.451 e. The topological polar surface area (TPSA) is 139 Å². The van der Waals surface area contributed by atoms with Gasteiger partial charge in [0.05, 0.1) is 16.1 Å². The summed E-state index contributed by atoms with van der Waals surface area (Å²) in [7, 11) is 0. The Labute approximate surface area is 169 Å². The molecule has 0 atom stereocenters. The van der Waals surface area contributed by atoms with Crippen LogP contribution in [0.2, 0.25) is 5.02 Å². The predicted molar refractivity (Wildman–Crippen MR) is 106 cm³/mol. The molecule has 2 aromatic carbocycles. The minimum atomic E-state index is -0.655. The number of hydrogen-bond donors (Lipinski definition) is 4. The lowest BCUT2D eigenvalue weighted by Crippen LogP contribution is -2.31. The second-order valence-electron chi connectivity index (χ2n) is 5.82. The lowest BCUT2D eigenvalue weighted by Gasteiger charge is -2.06. The van der Waals surface area contributed by atoms with Crippen LogP contribution in [0.25, 0.3) is 11.0 Å². The zero-order valence-corrected chi connectivity index (χ0v) is 15.7. The highest BCUT2D eigenvalue weighted by atomic mass is 35.5. The molecule has 0 spiro atoms. The van der Waals surface area contributed by atoms with Crippen LogP contribution in [0.4, 0.5) is 5.69 Å². The number of benzene rings is 2. The number of nitrogens with two attached hydrogens (primary N) is 1. The van der Waals surface area contributed by atoms with Crippen LogP contribution in [0.3, 0.4) is 0 Å². The van der Waals surface area contributed by atoms with E-state index in [9.17, 15) is 14.4 Å². The third kappa shape index (κ3) is 4.98. The summed E-state index contributed by atoms with van der Waals surface area (Å²) in [6, 6.07) is 14.8. The van der Waals surface area contributed by atoms with Gasteiger partial charge in [-0.2, -0.15) is 5.10 Å². The van der Waals surface area contributed by atoms with Gasteiger partial charge in [-0.25, -0.2) is 11.3 Å². The third-order valence-electron chi connectivity index (χ3n) is 3.78. The predicted octanol–water partition coefficient (Wildman–Crippen LogP) is 1.65. The molecule has 148 valence electrons. The van der Waals surface area contributed by atoms with E-state index in [0.717, 1.165) is 0 Å². The number of halogens is 1. The van der Waals surface area contributed by atoms with Gasteiger partial charge in [0.15, 0.2) is 5.76 Å². The zero-order valence-electron chi connectivity index (χ0n) is 14.9. The standard InChI is InChI=1S/C19H16ClN5O4/c20-12-6-2-3-7-13(12)22-17(26)10-18(27)25-24-14-9-16(19(28)23-21)29-15-8-4-1-5-11(14)15/h1-9H,10,21H2,(H,22,26)(H,23,28)(H,25,27).